The second-order valence-corrected chi connectivity index (χ2v) is 5.69. The number of ether oxygens (including phenoxy) is 1. The van der Waals surface area contributed by atoms with Crippen molar-refractivity contribution in [1.29, 1.82) is 0 Å². The van der Waals surface area contributed by atoms with Crippen LogP contribution >= 0.6 is 0 Å². The van der Waals surface area contributed by atoms with Gasteiger partial charge in [-0.3, -0.25) is 4.79 Å². The molecule has 1 fully saturated rings. The van der Waals surface area contributed by atoms with Gasteiger partial charge >= 0.3 is 0 Å². The van der Waals surface area contributed by atoms with E-state index >= 15 is 0 Å². The van der Waals surface area contributed by atoms with Gasteiger partial charge in [-0.25, -0.2) is 14.4 Å². The number of anilines is 1. The Morgan fingerprint density at radius 3 is 2.62 bits per heavy atom. The van der Waals surface area contributed by atoms with Gasteiger partial charge in [0.25, 0.3) is 5.91 Å². The van der Waals surface area contributed by atoms with Gasteiger partial charge in [-0.15, -0.1) is 0 Å². The molecule has 1 aliphatic rings. The zero-order valence-electron chi connectivity index (χ0n) is 13.5. The molecule has 2 N–H and O–H groups in total. The Hall–Kier alpha value is -2.70. The molecule has 6 nitrogen and oxygen atoms in total. The molecule has 2 heterocycles. The lowest BCUT2D eigenvalue weighted by Crippen LogP contribution is -2.31. The maximum Gasteiger partial charge on any atom is 0.267 e. The summed E-state index contributed by atoms with van der Waals surface area (Å²) in [5, 5.41) is 0. The summed E-state index contributed by atoms with van der Waals surface area (Å²) in [5.41, 5.74) is 6.38. The van der Waals surface area contributed by atoms with Gasteiger partial charge in [-0.2, -0.15) is 0 Å². The molecule has 126 valence electrons. The molecule has 0 bridgehead atoms. The fourth-order valence-corrected chi connectivity index (χ4v) is 2.81. The number of hydrogen-bond acceptors (Lipinski definition) is 5. The number of rotatable bonds is 4. The molecule has 3 rings (SSSR count). The first-order valence-corrected chi connectivity index (χ1v) is 7.86. The van der Waals surface area contributed by atoms with Gasteiger partial charge in [0.05, 0.1) is 12.8 Å². The second-order valence-electron chi connectivity index (χ2n) is 5.69. The first-order valence-electron chi connectivity index (χ1n) is 7.86. The van der Waals surface area contributed by atoms with Crippen molar-refractivity contribution in [3.8, 4) is 17.0 Å². The maximum atomic E-state index is 13.7. The Bertz CT molecular complexity index is 760. The Labute approximate surface area is 139 Å². The standard InChI is InChI=1S/C17H19FN4O2/c1-24-15-6-5-11(18)9-12(15)13-10-14(16(19)23)21-17(20-13)22-7-3-2-4-8-22/h5-6,9-10H,2-4,7-8H2,1H3,(H2,19,23). The van der Waals surface area contributed by atoms with E-state index in [1.54, 1.807) is 0 Å². The Morgan fingerprint density at radius 2 is 1.96 bits per heavy atom. The summed E-state index contributed by atoms with van der Waals surface area (Å²) in [6.45, 7) is 1.64. The molecule has 1 aromatic carbocycles. The highest BCUT2D eigenvalue weighted by Crippen LogP contribution is 2.31. The monoisotopic (exact) mass is 330 g/mol. The zero-order chi connectivity index (χ0) is 17.1. The third-order valence-corrected chi connectivity index (χ3v) is 4.04. The zero-order valence-corrected chi connectivity index (χ0v) is 13.5. The predicted octanol–water partition coefficient (Wildman–Crippen LogP) is 2.38. The number of piperidine rings is 1. The van der Waals surface area contributed by atoms with Gasteiger partial charge < -0.3 is 15.4 Å². The smallest absolute Gasteiger partial charge is 0.267 e. The molecule has 0 spiro atoms. The molecule has 1 aromatic heterocycles. The van der Waals surface area contributed by atoms with E-state index in [2.05, 4.69) is 9.97 Å². The van der Waals surface area contributed by atoms with Crippen molar-refractivity contribution in [2.24, 2.45) is 5.73 Å². The van der Waals surface area contributed by atoms with Crippen molar-refractivity contribution in [3.05, 3.63) is 35.8 Å². The minimum Gasteiger partial charge on any atom is -0.496 e. The number of carbonyl (C=O) groups is 1. The summed E-state index contributed by atoms with van der Waals surface area (Å²) in [4.78, 5) is 22.5. The van der Waals surface area contributed by atoms with E-state index < -0.39 is 11.7 Å². The minimum atomic E-state index is -0.646. The number of aromatic nitrogens is 2. The van der Waals surface area contributed by atoms with Crippen LogP contribution in [0.5, 0.6) is 5.75 Å². The highest BCUT2D eigenvalue weighted by atomic mass is 19.1. The SMILES string of the molecule is COc1ccc(F)cc1-c1cc(C(N)=O)nc(N2CCCCC2)n1. The molecular formula is C17H19FN4O2. The molecular weight excluding hydrogens is 311 g/mol. The first-order chi connectivity index (χ1) is 11.6. The van der Waals surface area contributed by atoms with Crippen molar-refractivity contribution in [2.45, 2.75) is 19.3 Å². The summed E-state index contributed by atoms with van der Waals surface area (Å²) in [6.07, 6.45) is 3.25. The molecule has 7 heteroatoms. The third kappa shape index (κ3) is 3.29. The number of methoxy groups -OCH3 is 1. The van der Waals surface area contributed by atoms with E-state index in [1.165, 1.54) is 31.4 Å². The summed E-state index contributed by atoms with van der Waals surface area (Å²) >= 11 is 0. The average molecular weight is 330 g/mol. The Kier molecular flexibility index (Phi) is 4.59. The third-order valence-electron chi connectivity index (χ3n) is 4.04. The lowest BCUT2D eigenvalue weighted by molar-refractivity contribution is 0.0995. The fourth-order valence-electron chi connectivity index (χ4n) is 2.81. The molecule has 1 saturated heterocycles. The topological polar surface area (TPSA) is 81.3 Å². The first kappa shape index (κ1) is 16.2. The van der Waals surface area contributed by atoms with Crippen LogP contribution in [0.1, 0.15) is 29.8 Å². The summed E-state index contributed by atoms with van der Waals surface area (Å²) in [5.74, 6) is -0.153. The van der Waals surface area contributed by atoms with Crippen LogP contribution in [-0.4, -0.2) is 36.1 Å². The lowest BCUT2D eigenvalue weighted by Gasteiger charge is -2.27. The highest BCUT2D eigenvalue weighted by Gasteiger charge is 2.19. The summed E-state index contributed by atoms with van der Waals surface area (Å²) in [6, 6.07) is 5.63. The maximum absolute atomic E-state index is 13.7. The van der Waals surface area contributed by atoms with Crippen LogP contribution in [0.4, 0.5) is 10.3 Å². The summed E-state index contributed by atoms with van der Waals surface area (Å²) < 4.78 is 19.0. The Morgan fingerprint density at radius 1 is 1.21 bits per heavy atom. The van der Waals surface area contributed by atoms with Gasteiger partial charge in [0.15, 0.2) is 0 Å². The molecule has 0 unspecified atom stereocenters. The van der Waals surface area contributed by atoms with Crippen molar-refractivity contribution >= 4 is 11.9 Å². The normalized spacial score (nSPS) is 14.5. The number of nitrogens with zero attached hydrogens (tertiary/aromatic N) is 3. The molecule has 0 atom stereocenters. The quantitative estimate of drug-likeness (QED) is 0.931. The number of amides is 1. The predicted molar refractivity (Wildman–Crippen MR) is 88.6 cm³/mol. The van der Waals surface area contributed by atoms with Gasteiger partial charge in [0.2, 0.25) is 5.95 Å². The molecule has 0 saturated carbocycles. The van der Waals surface area contributed by atoms with E-state index in [0.29, 0.717) is 23.0 Å². The number of nitrogens with two attached hydrogens (primary N) is 1. The van der Waals surface area contributed by atoms with E-state index in [0.717, 1.165) is 32.4 Å². The average Bonchev–Trinajstić information content (AvgIpc) is 2.62. The van der Waals surface area contributed by atoms with Crippen LogP contribution in [0.25, 0.3) is 11.3 Å². The van der Waals surface area contributed by atoms with Gasteiger partial charge in [-0.05, 0) is 43.5 Å². The molecule has 24 heavy (non-hydrogen) atoms. The van der Waals surface area contributed by atoms with E-state index in [9.17, 15) is 9.18 Å². The number of primary amides is 1. The number of hydrogen-bond donors (Lipinski definition) is 1. The van der Waals surface area contributed by atoms with Crippen molar-refractivity contribution < 1.29 is 13.9 Å². The molecule has 0 radical (unpaired) electrons. The van der Waals surface area contributed by atoms with Crippen molar-refractivity contribution in [1.82, 2.24) is 9.97 Å². The number of benzene rings is 1. The highest BCUT2D eigenvalue weighted by molar-refractivity contribution is 5.92. The van der Waals surface area contributed by atoms with E-state index in [4.69, 9.17) is 10.5 Å². The second kappa shape index (κ2) is 6.82. The van der Waals surface area contributed by atoms with Gasteiger partial charge in [0, 0.05) is 18.7 Å². The van der Waals surface area contributed by atoms with Crippen molar-refractivity contribution in [3.63, 3.8) is 0 Å². The van der Waals surface area contributed by atoms with Crippen LogP contribution < -0.4 is 15.4 Å². The van der Waals surface area contributed by atoms with Crippen LogP contribution in [0, 0.1) is 5.82 Å². The Balaban J connectivity index is 2.11. The van der Waals surface area contributed by atoms with Gasteiger partial charge in [-0.1, -0.05) is 0 Å². The van der Waals surface area contributed by atoms with Crippen LogP contribution in [0.15, 0.2) is 24.3 Å². The number of halogens is 1. The summed E-state index contributed by atoms with van der Waals surface area (Å²) in [7, 11) is 1.50. The van der Waals surface area contributed by atoms with E-state index in [-0.39, 0.29) is 5.69 Å². The van der Waals surface area contributed by atoms with E-state index in [1.807, 2.05) is 4.90 Å². The fraction of sp³-hybridized carbons (Fsp3) is 0.353. The lowest BCUT2D eigenvalue weighted by atomic mass is 10.1. The largest absolute Gasteiger partial charge is 0.496 e. The van der Waals surface area contributed by atoms with Gasteiger partial charge in [0.1, 0.15) is 17.3 Å². The van der Waals surface area contributed by atoms with Crippen LogP contribution in [0.3, 0.4) is 0 Å². The molecule has 1 amide bonds. The minimum absolute atomic E-state index is 0.104. The number of carbonyl (C=O) groups excluding carboxylic acids is 1. The van der Waals surface area contributed by atoms with Crippen LogP contribution in [-0.2, 0) is 0 Å². The van der Waals surface area contributed by atoms with Crippen LogP contribution in [0.2, 0.25) is 0 Å². The van der Waals surface area contributed by atoms with Crippen molar-refractivity contribution in [2.75, 3.05) is 25.1 Å². The molecule has 0 aliphatic carbocycles. The molecule has 1 aliphatic heterocycles. The molecule has 2 aromatic rings.